The summed E-state index contributed by atoms with van der Waals surface area (Å²) in [6.07, 6.45) is 5.80. The first-order valence-electron chi connectivity index (χ1n) is 12.8. The third kappa shape index (κ3) is 4.76. The first-order chi connectivity index (χ1) is 15.2. The van der Waals surface area contributed by atoms with E-state index in [2.05, 4.69) is 117 Å². The Bertz CT molecular complexity index is 1050. The minimum absolute atomic E-state index is 0.259. The third-order valence-electron chi connectivity index (χ3n) is 8.25. The molecule has 0 aliphatic heterocycles. The summed E-state index contributed by atoms with van der Waals surface area (Å²) < 4.78 is 7.14. The highest BCUT2D eigenvalue weighted by molar-refractivity contribution is 7.04. The quantitative estimate of drug-likeness (QED) is 0.373. The number of hydrogen-bond donors (Lipinski definition) is 0. The fourth-order valence-electron chi connectivity index (χ4n) is 5.28. The number of aryl methyl sites for hydroxylation is 1. The van der Waals surface area contributed by atoms with Crippen LogP contribution in [-0.2, 0) is 6.42 Å². The normalized spacial score (nSPS) is 14.5. The van der Waals surface area contributed by atoms with E-state index >= 15 is 0 Å². The van der Waals surface area contributed by atoms with Crippen molar-refractivity contribution in [3.8, 4) is 5.75 Å². The van der Waals surface area contributed by atoms with Gasteiger partial charge in [0, 0.05) is 0 Å². The van der Waals surface area contributed by atoms with Crippen molar-refractivity contribution in [1.29, 1.82) is 0 Å². The molecule has 0 saturated carbocycles. The Balaban J connectivity index is 2.44. The van der Waals surface area contributed by atoms with E-state index in [0.717, 1.165) is 6.42 Å². The van der Waals surface area contributed by atoms with Gasteiger partial charge in [-0.1, -0.05) is 108 Å². The number of benzene rings is 2. The molecule has 2 aromatic carbocycles. The molecule has 3 rings (SSSR count). The summed E-state index contributed by atoms with van der Waals surface area (Å²) in [6, 6.07) is 14.5. The zero-order valence-corrected chi connectivity index (χ0v) is 26.1. The Labute approximate surface area is 206 Å². The van der Waals surface area contributed by atoms with Crippen LogP contribution in [0.5, 0.6) is 5.75 Å². The highest BCUT2D eigenvalue weighted by Crippen LogP contribution is 2.38. The van der Waals surface area contributed by atoms with Crippen molar-refractivity contribution in [2.75, 3.05) is 0 Å². The molecule has 0 saturated heterocycles. The number of allylic oxidation sites excluding steroid dienone is 1. The molecule has 0 aromatic heterocycles. The minimum Gasteiger partial charge on any atom is -0.544 e. The number of fused-ring (bicyclic) bond motifs is 1. The maximum Gasteiger partial charge on any atom is 0.242 e. The fourth-order valence-corrected chi connectivity index (χ4v) is 13.2. The van der Waals surface area contributed by atoms with Crippen LogP contribution in [0.4, 0.5) is 0 Å². The van der Waals surface area contributed by atoms with Crippen LogP contribution in [-0.4, -0.2) is 24.5 Å². The molecule has 2 aromatic rings. The molecule has 0 radical (unpaired) electrons. The lowest BCUT2D eigenvalue weighted by Crippen LogP contribution is -2.62. The standard InChI is InChI=1S/C29H46OSi3/c1-12-33(13-2,25-19-15-17-23-16-14-18-24(23)25)27-21-22(3)20-26(28(27)30-31(7,8)9)32(10,11)29(4,5)6/h14-15,17-21H,12-13,16H2,1-11H3. The van der Waals surface area contributed by atoms with E-state index in [4.69, 9.17) is 4.43 Å². The molecular weight excluding hydrogens is 449 g/mol. The lowest BCUT2D eigenvalue weighted by molar-refractivity contribution is 0.564. The molecule has 1 aliphatic carbocycles. The van der Waals surface area contributed by atoms with Crippen LogP contribution < -0.4 is 20.0 Å². The monoisotopic (exact) mass is 494 g/mol. The summed E-state index contributed by atoms with van der Waals surface area (Å²) in [7, 11) is -5.65. The average molecular weight is 495 g/mol. The van der Waals surface area contributed by atoms with E-state index in [1.165, 1.54) is 39.7 Å². The van der Waals surface area contributed by atoms with Crippen molar-refractivity contribution in [3.05, 3.63) is 53.1 Å². The summed E-state index contributed by atoms with van der Waals surface area (Å²) in [4.78, 5) is 0. The van der Waals surface area contributed by atoms with Gasteiger partial charge in [0.05, 0.1) is 8.07 Å². The molecule has 0 bridgehead atoms. The molecule has 0 fully saturated rings. The highest BCUT2D eigenvalue weighted by atomic mass is 28.4. The molecule has 0 atom stereocenters. The number of rotatable bonds is 7. The molecular formula is C29H46OSi3. The largest absolute Gasteiger partial charge is 0.544 e. The van der Waals surface area contributed by atoms with Crippen LogP contribution in [0.15, 0.2) is 36.4 Å². The van der Waals surface area contributed by atoms with Gasteiger partial charge >= 0.3 is 0 Å². The van der Waals surface area contributed by atoms with Crippen molar-refractivity contribution in [2.45, 2.75) is 97.8 Å². The van der Waals surface area contributed by atoms with E-state index in [-0.39, 0.29) is 5.04 Å². The van der Waals surface area contributed by atoms with E-state index < -0.39 is 24.5 Å². The predicted molar refractivity (Wildman–Crippen MR) is 157 cm³/mol. The van der Waals surface area contributed by atoms with Gasteiger partial charge in [-0.3, -0.25) is 0 Å². The van der Waals surface area contributed by atoms with Gasteiger partial charge in [-0.2, -0.15) is 0 Å². The van der Waals surface area contributed by atoms with Crippen LogP contribution in [0.3, 0.4) is 0 Å². The van der Waals surface area contributed by atoms with Crippen molar-refractivity contribution in [1.82, 2.24) is 0 Å². The molecule has 0 N–H and O–H groups in total. The van der Waals surface area contributed by atoms with E-state index in [1.807, 2.05) is 0 Å². The van der Waals surface area contributed by atoms with E-state index in [1.54, 1.807) is 10.4 Å². The Morgan fingerprint density at radius 1 is 0.879 bits per heavy atom. The van der Waals surface area contributed by atoms with Gasteiger partial charge in [-0.15, -0.1) is 0 Å². The molecule has 1 nitrogen and oxygen atoms in total. The lowest BCUT2D eigenvalue weighted by Gasteiger charge is -2.42. The fraction of sp³-hybridized carbons (Fsp3) is 0.517. The number of hydrogen-bond acceptors (Lipinski definition) is 1. The maximum absolute atomic E-state index is 7.14. The van der Waals surface area contributed by atoms with Gasteiger partial charge in [-0.25, -0.2) is 0 Å². The minimum atomic E-state index is -2.03. The van der Waals surface area contributed by atoms with Gasteiger partial charge in [-0.05, 0) is 64.7 Å². The second kappa shape index (κ2) is 9.01. The Morgan fingerprint density at radius 3 is 2.03 bits per heavy atom. The van der Waals surface area contributed by atoms with Crippen LogP contribution in [0.25, 0.3) is 6.08 Å². The molecule has 180 valence electrons. The predicted octanol–water partition coefficient (Wildman–Crippen LogP) is 7.10. The maximum atomic E-state index is 7.14. The molecule has 0 amide bonds. The smallest absolute Gasteiger partial charge is 0.242 e. The molecule has 1 aliphatic rings. The second-order valence-corrected chi connectivity index (χ2v) is 26.9. The van der Waals surface area contributed by atoms with Crippen molar-refractivity contribution in [3.63, 3.8) is 0 Å². The van der Waals surface area contributed by atoms with Crippen molar-refractivity contribution >= 4 is 46.1 Å². The molecule has 0 unspecified atom stereocenters. The summed E-state index contributed by atoms with van der Waals surface area (Å²) >= 11 is 0. The second-order valence-electron chi connectivity index (χ2n) is 12.6. The van der Waals surface area contributed by atoms with Gasteiger partial charge in [0.25, 0.3) is 0 Å². The van der Waals surface area contributed by atoms with Gasteiger partial charge in [0.1, 0.15) is 13.8 Å². The summed E-state index contributed by atoms with van der Waals surface area (Å²) in [5.41, 5.74) is 4.40. The lowest BCUT2D eigenvalue weighted by atomic mass is 10.1. The average Bonchev–Trinajstić information content (AvgIpc) is 3.18. The van der Waals surface area contributed by atoms with Crippen LogP contribution in [0.2, 0.25) is 49.9 Å². The molecule has 4 heteroatoms. The van der Waals surface area contributed by atoms with Gasteiger partial charge in [0.2, 0.25) is 8.32 Å². The zero-order chi connectivity index (χ0) is 24.8. The summed E-state index contributed by atoms with van der Waals surface area (Å²) in [6.45, 7) is 26.6. The van der Waals surface area contributed by atoms with E-state index in [9.17, 15) is 0 Å². The van der Waals surface area contributed by atoms with Crippen molar-refractivity contribution in [2.24, 2.45) is 0 Å². The third-order valence-corrected chi connectivity index (χ3v) is 19.8. The van der Waals surface area contributed by atoms with Crippen LogP contribution >= 0.6 is 0 Å². The topological polar surface area (TPSA) is 9.23 Å². The zero-order valence-electron chi connectivity index (χ0n) is 23.1. The van der Waals surface area contributed by atoms with Gasteiger partial charge < -0.3 is 4.43 Å². The van der Waals surface area contributed by atoms with Crippen molar-refractivity contribution < 1.29 is 4.43 Å². The first-order valence-corrected chi connectivity index (χ1v) is 21.6. The van der Waals surface area contributed by atoms with Crippen LogP contribution in [0.1, 0.15) is 51.3 Å². The Morgan fingerprint density at radius 2 is 1.48 bits per heavy atom. The highest BCUT2D eigenvalue weighted by Gasteiger charge is 2.44. The summed E-state index contributed by atoms with van der Waals surface area (Å²) in [5.74, 6) is 1.28. The summed E-state index contributed by atoms with van der Waals surface area (Å²) in [5, 5.41) is 4.97. The van der Waals surface area contributed by atoms with E-state index in [0.29, 0.717) is 0 Å². The molecule has 0 spiro atoms. The molecule has 0 heterocycles. The SMILES string of the molecule is CC[Si](CC)(c1cccc2c1C=CC2)c1cc(C)cc([Si](C)(C)C(C)(C)C)c1O[Si](C)(C)C. The van der Waals surface area contributed by atoms with Crippen LogP contribution in [0, 0.1) is 6.92 Å². The van der Waals surface area contributed by atoms with Gasteiger partial charge in [0.15, 0.2) is 0 Å². The Kier molecular flexibility index (Phi) is 7.16. The molecule has 33 heavy (non-hydrogen) atoms. The Hall–Kier alpha value is -1.37. The first kappa shape index (κ1) is 26.2.